The lowest BCUT2D eigenvalue weighted by Gasteiger charge is -1.96. The fraction of sp³-hybridized carbons (Fsp3) is 0.375. The van der Waals surface area contributed by atoms with Gasteiger partial charge in [0.15, 0.2) is 5.82 Å². The number of hydrogen-bond donors (Lipinski definition) is 0. The van der Waals surface area contributed by atoms with E-state index in [4.69, 9.17) is 8.94 Å². The number of aryl methyl sites for hydroxylation is 1. The molecule has 0 unspecified atom stereocenters. The zero-order valence-electron chi connectivity index (χ0n) is 13.3. The maximum atomic E-state index is 5.66. The molecule has 0 saturated heterocycles. The van der Waals surface area contributed by atoms with Crippen molar-refractivity contribution < 1.29 is 8.94 Å². The summed E-state index contributed by atoms with van der Waals surface area (Å²) in [6.45, 7) is 6.27. The molecule has 2 heterocycles. The molecule has 0 aliphatic heterocycles. The normalized spacial score (nSPS) is 11.3. The van der Waals surface area contributed by atoms with Gasteiger partial charge in [0.05, 0.1) is 5.75 Å². The summed E-state index contributed by atoms with van der Waals surface area (Å²) in [4.78, 5) is 4.35. The topological polar surface area (TPSA) is 77.8 Å². The summed E-state index contributed by atoms with van der Waals surface area (Å²) >= 11 is 1.40. The molecule has 6 nitrogen and oxygen atoms in total. The Morgan fingerprint density at radius 2 is 1.91 bits per heavy atom. The van der Waals surface area contributed by atoms with Gasteiger partial charge in [0.25, 0.3) is 5.22 Å². The quantitative estimate of drug-likeness (QED) is 0.634. The van der Waals surface area contributed by atoms with Crippen LogP contribution in [-0.4, -0.2) is 20.3 Å². The van der Waals surface area contributed by atoms with Gasteiger partial charge in [-0.05, 0) is 25.0 Å². The lowest BCUT2D eigenvalue weighted by Crippen LogP contribution is -1.94. The summed E-state index contributed by atoms with van der Waals surface area (Å²) in [5.41, 5.74) is 2.10. The van der Waals surface area contributed by atoms with Crippen LogP contribution in [0.5, 0.6) is 0 Å². The highest BCUT2D eigenvalue weighted by Crippen LogP contribution is 2.25. The number of nitrogens with zero attached hydrogens (tertiary/aromatic N) is 4. The number of rotatable bonds is 6. The minimum absolute atomic E-state index is 0.490. The maximum absolute atomic E-state index is 5.66. The van der Waals surface area contributed by atoms with Crippen LogP contribution in [0.15, 0.2) is 38.4 Å². The predicted octanol–water partition coefficient (Wildman–Crippen LogP) is 3.92. The lowest BCUT2D eigenvalue weighted by molar-refractivity contribution is 0.360. The van der Waals surface area contributed by atoms with Crippen LogP contribution in [0.3, 0.4) is 0 Å². The van der Waals surface area contributed by atoms with Crippen molar-refractivity contribution in [3.63, 3.8) is 0 Å². The van der Waals surface area contributed by atoms with Crippen molar-refractivity contribution in [3.8, 4) is 11.5 Å². The number of hydrogen-bond acceptors (Lipinski definition) is 7. The van der Waals surface area contributed by atoms with Crippen LogP contribution in [0.4, 0.5) is 0 Å². The SMILES string of the molecule is Cc1ccc(-c2nnc(SCc3noc(CC(C)C)n3)o2)cc1. The zero-order chi connectivity index (χ0) is 16.2. The highest BCUT2D eigenvalue weighted by Gasteiger charge is 2.12. The van der Waals surface area contributed by atoms with E-state index in [1.54, 1.807) is 0 Å². The summed E-state index contributed by atoms with van der Waals surface area (Å²) in [5.74, 6) is 2.85. The molecule has 0 spiro atoms. The molecule has 0 amide bonds. The molecule has 120 valence electrons. The molecule has 23 heavy (non-hydrogen) atoms. The highest BCUT2D eigenvalue weighted by molar-refractivity contribution is 7.98. The standard InChI is InChI=1S/C16H18N4O2S/c1-10(2)8-14-17-13(20-22-14)9-23-16-19-18-15(21-16)12-6-4-11(3)5-7-12/h4-7,10H,8-9H2,1-3H3. The van der Waals surface area contributed by atoms with Crippen molar-refractivity contribution in [1.82, 2.24) is 20.3 Å². The van der Waals surface area contributed by atoms with E-state index in [0.717, 1.165) is 12.0 Å². The summed E-state index contributed by atoms with van der Waals surface area (Å²) in [6, 6.07) is 7.97. The lowest BCUT2D eigenvalue weighted by atomic mass is 10.1. The number of benzene rings is 1. The highest BCUT2D eigenvalue weighted by atomic mass is 32.2. The molecule has 0 N–H and O–H groups in total. The van der Waals surface area contributed by atoms with E-state index in [1.165, 1.54) is 17.3 Å². The molecule has 3 rings (SSSR count). The van der Waals surface area contributed by atoms with Gasteiger partial charge in [0.2, 0.25) is 11.8 Å². The second-order valence-corrected chi connectivity index (χ2v) is 6.66. The van der Waals surface area contributed by atoms with Gasteiger partial charge in [-0.25, -0.2) is 0 Å². The van der Waals surface area contributed by atoms with E-state index >= 15 is 0 Å². The van der Waals surface area contributed by atoms with E-state index < -0.39 is 0 Å². The molecule has 0 radical (unpaired) electrons. The Balaban J connectivity index is 1.61. The molecule has 0 saturated carbocycles. The Hall–Kier alpha value is -2.15. The summed E-state index contributed by atoms with van der Waals surface area (Å²) < 4.78 is 10.9. The fourth-order valence-corrected chi connectivity index (χ4v) is 2.59. The maximum Gasteiger partial charge on any atom is 0.277 e. The second kappa shape index (κ2) is 6.95. The van der Waals surface area contributed by atoms with Crippen LogP contribution >= 0.6 is 11.8 Å². The number of aromatic nitrogens is 4. The van der Waals surface area contributed by atoms with Crippen molar-refractivity contribution in [2.24, 2.45) is 5.92 Å². The van der Waals surface area contributed by atoms with Crippen LogP contribution in [0.25, 0.3) is 11.5 Å². The smallest absolute Gasteiger partial charge is 0.277 e. The minimum atomic E-state index is 0.490. The first kappa shape index (κ1) is 15.7. The molecule has 2 aromatic heterocycles. The second-order valence-electron chi connectivity index (χ2n) is 5.73. The van der Waals surface area contributed by atoms with Crippen LogP contribution in [0, 0.1) is 12.8 Å². The summed E-state index contributed by atoms with van der Waals surface area (Å²) in [5, 5.41) is 12.6. The van der Waals surface area contributed by atoms with Gasteiger partial charge < -0.3 is 8.94 Å². The van der Waals surface area contributed by atoms with Crippen molar-refractivity contribution in [3.05, 3.63) is 41.5 Å². The van der Waals surface area contributed by atoms with Crippen molar-refractivity contribution >= 4 is 11.8 Å². The largest absolute Gasteiger partial charge is 0.411 e. The van der Waals surface area contributed by atoms with Crippen molar-refractivity contribution in [2.75, 3.05) is 0 Å². The van der Waals surface area contributed by atoms with E-state index in [-0.39, 0.29) is 0 Å². The molecule has 3 aromatic rings. The molecule has 1 aromatic carbocycles. The predicted molar refractivity (Wildman–Crippen MR) is 86.9 cm³/mol. The Morgan fingerprint density at radius 3 is 2.65 bits per heavy atom. The third-order valence-corrected chi connectivity index (χ3v) is 3.94. The summed E-state index contributed by atoms with van der Waals surface area (Å²) in [6.07, 6.45) is 0.787. The van der Waals surface area contributed by atoms with Crippen molar-refractivity contribution in [1.29, 1.82) is 0 Å². The molecule has 0 aliphatic carbocycles. The van der Waals surface area contributed by atoms with E-state index in [9.17, 15) is 0 Å². The van der Waals surface area contributed by atoms with E-state index in [2.05, 4.69) is 34.2 Å². The van der Waals surface area contributed by atoms with E-state index in [0.29, 0.717) is 34.5 Å². The number of thioether (sulfide) groups is 1. The molecule has 0 atom stereocenters. The molecule has 0 fully saturated rings. The van der Waals surface area contributed by atoms with Crippen LogP contribution in [0.2, 0.25) is 0 Å². The van der Waals surface area contributed by atoms with Gasteiger partial charge in [0, 0.05) is 12.0 Å². The van der Waals surface area contributed by atoms with Gasteiger partial charge in [0.1, 0.15) is 0 Å². The Bertz CT molecular complexity index is 764. The first-order valence-electron chi connectivity index (χ1n) is 7.45. The average molecular weight is 330 g/mol. The van der Waals surface area contributed by atoms with Gasteiger partial charge in [-0.2, -0.15) is 4.98 Å². The van der Waals surface area contributed by atoms with Crippen LogP contribution in [0.1, 0.15) is 31.1 Å². The Morgan fingerprint density at radius 1 is 1.13 bits per heavy atom. The molecule has 0 bridgehead atoms. The first-order chi connectivity index (χ1) is 11.1. The van der Waals surface area contributed by atoms with Crippen LogP contribution in [-0.2, 0) is 12.2 Å². The molecular formula is C16H18N4O2S. The third-order valence-electron chi connectivity index (χ3n) is 3.12. The van der Waals surface area contributed by atoms with Gasteiger partial charge in [-0.15, -0.1) is 10.2 Å². The molecule has 7 heteroatoms. The molecular weight excluding hydrogens is 312 g/mol. The van der Waals surface area contributed by atoms with Crippen molar-refractivity contribution in [2.45, 2.75) is 38.2 Å². The first-order valence-corrected chi connectivity index (χ1v) is 8.43. The van der Waals surface area contributed by atoms with Crippen LogP contribution < -0.4 is 0 Å². The monoisotopic (exact) mass is 330 g/mol. The Kier molecular flexibility index (Phi) is 4.76. The van der Waals surface area contributed by atoms with Gasteiger partial charge in [-0.1, -0.05) is 48.5 Å². The zero-order valence-corrected chi connectivity index (χ0v) is 14.1. The Labute approximate surface area is 138 Å². The van der Waals surface area contributed by atoms with Gasteiger partial charge in [-0.3, -0.25) is 0 Å². The third kappa shape index (κ3) is 4.19. The minimum Gasteiger partial charge on any atom is -0.411 e. The van der Waals surface area contributed by atoms with E-state index in [1.807, 2.05) is 31.2 Å². The fourth-order valence-electron chi connectivity index (χ4n) is 1.99. The summed E-state index contributed by atoms with van der Waals surface area (Å²) in [7, 11) is 0. The van der Waals surface area contributed by atoms with Gasteiger partial charge >= 0.3 is 0 Å². The molecule has 0 aliphatic rings. The average Bonchev–Trinajstić information content (AvgIpc) is 3.14.